The molecule has 160 valence electrons. The summed E-state index contributed by atoms with van der Waals surface area (Å²) in [5.74, 6) is 2.60. The Kier molecular flexibility index (Phi) is 6.75. The summed E-state index contributed by atoms with van der Waals surface area (Å²) < 4.78 is 5.66. The number of fused-ring (bicyclic) bond motifs is 2. The second-order valence-electron chi connectivity index (χ2n) is 8.52. The van der Waals surface area contributed by atoms with Gasteiger partial charge in [0.15, 0.2) is 11.5 Å². The maximum absolute atomic E-state index is 10.7. The molecule has 1 saturated carbocycles. The van der Waals surface area contributed by atoms with Crippen LogP contribution in [0.4, 0.5) is 5.82 Å². The number of phenolic OH excluding ortho intramolecular Hbond substituents is 1. The number of oxazole rings is 1. The zero-order valence-corrected chi connectivity index (χ0v) is 21.1. The maximum Gasteiger partial charge on any atom is 1.00 e. The molecule has 0 radical (unpaired) electrons. The van der Waals surface area contributed by atoms with Crippen molar-refractivity contribution < 1.29 is 39.1 Å². The molecule has 2 fully saturated rings. The fourth-order valence-electron chi connectivity index (χ4n) is 3.91. The van der Waals surface area contributed by atoms with Gasteiger partial charge in [0, 0.05) is 31.1 Å². The van der Waals surface area contributed by atoms with Gasteiger partial charge < -0.3 is 21.3 Å². The van der Waals surface area contributed by atoms with Crippen LogP contribution in [0.1, 0.15) is 37.1 Å². The molecule has 32 heavy (non-hydrogen) atoms. The largest absolute Gasteiger partial charge is 1.00 e. The Morgan fingerprint density at radius 2 is 1.66 bits per heavy atom. The van der Waals surface area contributed by atoms with Crippen LogP contribution in [-0.2, 0) is 0 Å². The van der Waals surface area contributed by atoms with Crippen molar-refractivity contribution in [2.75, 3.05) is 18.0 Å². The molecule has 4 aromatic rings. The van der Waals surface area contributed by atoms with E-state index in [4.69, 9.17) is 14.4 Å². The molecule has 1 saturated heterocycles. The van der Waals surface area contributed by atoms with Crippen molar-refractivity contribution in [3.63, 3.8) is 0 Å². The predicted octanol–water partition coefficient (Wildman–Crippen LogP) is 2.60. The van der Waals surface area contributed by atoms with Crippen molar-refractivity contribution in [2.24, 2.45) is 5.92 Å². The van der Waals surface area contributed by atoms with E-state index in [1.807, 2.05) is 31.2 Å². The summed E-state index contributed by atoms with van der Waals surface area (Å²) in [5, 5.41) is 10.7. The van der Waals surface area contributed by atoms with Crippen LogP contribution in [0.15, 0.2) is 34.7 Å². The van der Waals surface area contributed by atoms with Crippen LogP contribution in [0.2, 0.25) is 0 Å². The van der Waals surface area contributed by atoms with Gasteiger partial charge in [0.05, 0.1) is 16.7 Å². The summed E-state index contributed by atoms with van der Waals surface area (Å²) in [4.78, 5) is 16.1. The molecule has 1 aromatic carbocycles. The number of hydrogen-bond donors (Lipinski definition) is 1. The first-order valence-electron chi connectivity index (χ1n) is 11.0. The molecule has 1 aliphatic heterocycles. The van der Waals surface area contributed by atoms with E-state index >= 15 is 0 Å². The number of pyridine rings is 2. The molecule has 7 heteroatoms. The quantitative estimate of drug-likeness (QED) is 0.383. The van der Waals surface area contributed by atoms with Crippen LogP contribution >= 0.6 is 0 Å². The smallest absolute Gasteiger partial charge is 0.507 e. The molecular formula is C25H27N4NaO2. The van der Waals surface area contributed by atoms with Gasteiger partial charge in [0.25, 0.3) is 0 Å². The molecule has 3 aromatic heterocycles. The van der Waals surface area contributed by atoms with Crippen LogP contribution in [0.5, 0.6) is 5.75 Å². The molecule has 0 bridgehead atoms. The number of nitrogens with zero attached hydrogens (tertiary/aromatic N) is 4. The number of aryl methyl sites for hydroxylation is 2. The molecule has 0 unspecified atom stereocenters. The molecule has 0 amide bonds. The van der Waals surface area contributed by atoms with E-state index in [1.54, 1.807) is 13.0 Å². The topological polar surface area (TPSA) is 75.3 Å². The van der Waals surface area contributed by atoms with Crippen LogP contribution in [-0.4, -0.2) is 33.1 Å². The van der Waals surface area contributed by atoms with E-state index in [2.05, 4.69) is 16.8 Å². The van der Waals surface area contributed by atoms with Crippen molar-refractivity contribution in [1.29, 1.82) is 0 Å². The molecule has 6 rings (SSSR count). The fraction of sp³-hybridized carbons (Fsp3) is 0.360. The number of anilines is 1. The van der Waals surface area contributed by atoms with E-state index in [1.165, 1.54) is 25.7 Å². The van der Waals surface area contributed by atoms with Gasteiger partial charge in [-0.3, -0.25) is 0 Å². The number of benzene rings is 1. The summed E-state index contributed by atoms with van der Waals surface area (Å²) >= 11 is 0. The molecule has 0 atom stereocenters. The van der Waals surface area contributed by atoms with Gasteiger partial charge in [-0.1, -0.05) is 12.8 Å². The van der Waals surface area contributed by atoms with Gasteiger partial charge >= 0.3 is 29.6 Å². The Morgan fingerprint density at radius 3 is 2.34 bits per heavy atom. The fourth-order valence-corrected chi connectivity index (χ4v) is 3.91. The Hall–Kier alpha value is -2.15. The molecule has 0 spiro atoms. The molecule has 1 N–H and O–H groups in total. The van der Waals surface area contributed by atoms with Crippen LogP contribution in [0.25, 0.3) is 33.4 Å². The average molecular weight is 439 g/mol. The summed E-state index contributed by atoms with van der Waals surface area (Å²) in [5.41, 5.74) is 5.03. The number of aromatic hydroxyl groups is 1. The van der Waals surface area contributed by atoms with Crippen LogP contribution in [0, 0.1) is 26.7 Å². The summed E-state index contributed by atoms with van der Waals surface area (Å²) in [7, 11) is 0. The number of rotatable bonds is 2. The van der Waals surface area contributed by atoms with E-state index in [9.17, 15) is 5.11 Å². The van der Waals surface area contributed by atoms with E-state index in [0.29, 0.717) is 33.8 Å². The third-order valence-electron chi connectivity index (χ3n) is 5.93. The Bertz CT molecular complexity index is 1260. The summed E-state index contributed by atoms with van der Waals surface area (Å²) in [6, 6.07) is 9.69. The Balaban J connectivity index is 0.000000444. The summed E-state index contributed by atoms with van der Waals surface area (Å²) in [6.45, 7) is 9.52. The first kappa shape index (κ1) is 23.0. The zero-order chi connectivity index (χ0) is 21.5. The van der Waals surface area contributed by atoms with E-state index in [-0.39, 0.29) is 35.3 Å². The first-order valence-corrected chi connectivity index (χ1v) is 11.0. The standard InChI is InChI=1S/C21H20N4O2.C4H7.Na/c1-12-20-18(27-13(2)22-20)11-14(21(12)26)15-5-6-17-16(23-15)7-8-19(24-17)25-9-3-4-10-25;1-4-2-3-4;/h5-8,11,26H,3-4,9-10H2,1-2H3;4H,1-3H2;/q;-1;+1. The molecule has 6 nitrogen and oxygen atoms in total. The van der Waals surface area contributed by atoms with Gasteiger partial charge in [0.2, 0.25) is 0 Å². The van der Waals surface area contributed by atoms with Crippen molar-refractivity contribution in [3.8, 4) is 17.0 Å². The van der Waals surface area contributed by atoms with Crippen LogP contribution in [0.3, 0.4) is 0 Å². The van der Waals surface area contributed by atoms with Crippen LogP contribution < -0.4 is 34.5 Å². The van der Waals surface area contributed by atoms with Crippen molar-refractivity contribution >= 4 is 28.0 Å². The average Bonchev–Trinajstić information content (AvgIpc) is 3.22. The maximum atomic E-state index is 10.7. The normalized spacial score (nSPS) is 15.5. The first-order chi connectivity index (χ1) is 15.0. The van der Waals surface area contributed by atoms with Gasteiger partial charge in [-0.05, 0) is 50.1 Å². The third-order valence-corrected chi connectivity index (χ3v) is 5.93. The Morgan fingerprint density at radius 1 is 1.00 bits per heavy atom. The summed E-state index contributed by atoms with van der Waals surface area (Å²) in [6.07, 6.45) is 5.19. The second kappa shape index (κ2) is 9.38. The Labute approximate surface area is 210 Å². The minimum absolute atomic E-state index is 0. The SMILES string of the molecule is Cc1nc2c(C)c(O)c(-c3ccc4nc(N5CCCC5)ccc4n3)cc2o1.[CH2-]C1CC1.[Na+]. The third kappa shape index (κ3) is 4.63. The molecule has 2 aliphatic rings. The van der Waals surface area contributed by atoms with E-state index < -0.39 is 0 Å². The minimum Gasteiger partial charge on any atom is -0.507 e. The zero-order valence-electron chi connectivity index (χ0n) is 19.1. The predicted molar refractivity (Wildman–Crippen MR) is 123 cm³/mol. The molecule has 4 heterocycles. The molecular weight excluding hydrogens is 411 g/mol. The minimum atomic E-state index is 0. The van der Waals surface area contributed by atoms with Gasteiger partial charge in [-0.15, -0.1) is 0 Å². The van der Waals surface area contributed by atoms with E-state index in [0.717, 1.165) is 35.9 Å². The van der Waals surface area contributed by atoms with Gasteiger partial charge in [-0.2, -0.15) is 5.92 Å². The second-order valence-corrected chi connectivity index (χ2v) is 8.52. The molecule has 1 aliphatic carbocycles. The van der Waals surface area contributed by atoms with Crippen molar-refractivity contribution in [1.82, 2.24) is 15.0 Å². The van der Waals surface area contributed by atoms with Crippen molar-refractivity contribution in [2.45, 2.75) is 39.5 Å². The number of hydrogen-bond acceptors (Lipinski definition) is 6. The monoisotopic (exact) mass is 438 g/mol. The van der Waals surface area contributed by atoms with Gasteiger partial charge in [-0.25, -0.2) is 15.0 Å². The number of aromatic nitrogens is 3. The number of phenols is 1. The van der Waals surface area contributed by atoms with Crippen molar-refractivity contribution in [3.05, 3.63) is 48.7 Å². The van der Waals surface area contributed by atoms with Gasteiger partial charge in [0.1, 0.15) is 17.1 Å².